The van der Waals surface area contributed by atoms with Crippen LogP contribution in [0.2, 0.25) is 0 Å². The Labute approximate surface area is 179 Å². The fourth-order valence-electron chi connectivity index (χ4n) is 2.73. The van der Waals surface area contributed by atoms with Crippen molar-refractivity contribution >= 4 is 27.3 Å². The van der Waals surface area contributed by atoms with E-state index in [2.05, 4.69) is 10.0 Å². The van der Waals surface area contributed by atoms with Crippen LogP contribution in [-0.2, 0) is 14.8 Å². The molecular weight excluding hydrogens is 423 g/mol. The number of carbonyl (C=O) groups is 1. The van der Waals surface area contributed by atoms with Crippen LogP contribution in [0.25, 0.3) is 0 Å². The average molecular weight is 444 g/mol. The lowest BCUT2D eigenvalue weighted by Crippen LogP contribution is -2.21. The molecule has 0 saturated carbocycles. The molecule has 162 valence electrons. The van der Waals surface area contributed by atoms with Gasteiger partial charge in [-0.2, -0.15) is 0 Å². The lowest BCUT2D eigenvalue weighted by atomic mass is 10.2. The van der Waals surface area contributed by atoms with E-state index in [1.165, 1.54) is 37.4 Å². The van der Waals surface area contributed by atoms with E-state index in [4.69, 9.17) is 9.47 Å². The lowest BCUT2D eigenvalue weighted by molar-refractivity contribution is -0.118. The third-order valence-electron chi connectivity index (χ3n) is 4.34. The Morgan fingerprint density at radius 3 is 2.35 bits per heavy atom. The molecule has 2 N–H and O–H groups in total. The second kappa shape index (κ2) is 9.48. The fraction of sp³-hybridized carbons (Fsp3) is 0.136. The number of benzene rings is 3. The summed E-state index contributed by atoms with van der Waals surface area (Å²) in [6, 6.07) is 16.7. The molecule has 1 amide bonds. The van der Waals surface area contributed by atoms with Gasteiger partial charge in [0.05, 0.1) is 17.7 Å². The summed E-state index contributed by atoms with van der Waals surface area (Å²) in [7, 11) is -2.50. The van der Waals surface area contributed by atoms with Gasteiger partial charge in [-0.25, -0.2) is 12.8 Å². The van der Waals surface area contributed by atoms with Gasteiger partial charge in [0.2, 0.25) is 0 Å². The Kier molecular flexibility index (Phi) is 6.76. The Morgan fingerprint density at radius 1 is 0.968 bits per heavy atom. The van der Waals surface area contributed by atoms with Crippen molar-refractivity contribution in [3.05, 3.63) is 78.1 Å². The van der Waals surface area contributed by atoms with E-state index in [1.54, 1.807) is 43.3 Å². The van der Waals surface area contributed by atoms with Crippen LogP contribution in [0.1, 0.15) is 5.56 Å². The normalized spacial score (nSPS) is 10.9. The highest BCUT2D eigenvalue weighted by Crippen LogP contribution is 2.27. The van der Waals surface area contributed by atoms with Crippen molar-refractivity contribution in [2.75, 3.05) is 23.8 Å². The minimum Gasteiger partial charge on any atom is -0.495 e. The summed E-state index contributed by atoms with van der Waals surface area (Å²) < 4.78 is 52.1. The number of carbonyl (C=O) groups excluding carboxylic acids is 1. The molecule has 7 nitrogen and oxygen atoms in total. The second-order valence-corrected chi connectivity index (χ2v) is 8.23. The Balaban J connectivity index is 1.74. The van der Waals surface area contributed by atoms with Crippen molar-refractivity contribution in [3.63, 3.8) is 0 Å². The van der Waals surface area contributed by atoms with Crippen molar-refractivity contribution in [2.45, 2.75) is 11.8 Å². The van der Waals surface area contributed by atoms with Gasteiger partial charge in [-0.15, -0.1) is 0 Å². The fourth-order valence-corrected chi connectivity index (χ4v) is 3.82. The van der Waals surface area contributed by atoms with Crippen LogP contribution < -0.4 is 19.5 Å². The van der Waals surface area contributed by atoms with Crippen molar-refractivity contribution in [3.8, 4) is 11.5 Å². The number of ether oxygens (including phenoxy) is 2. The summed E-state index contributed by atoms with van der Waals surface area (Å²) in [6.45, 7) is 1.29. The number of aryl methyl sites for hydroxylation is 1. The molecule has 0 saturated heterocycles. The molecule has 0 fully saturated rings. The molecule has 0 spiro atoms. The smallest absolute Gasteiger partial charge is 0.262 e. The zero-order valence-electron chi connectivity index (χ0n) is 16.9. The number of methoxy groups -OCH3 is 1. The molecule has 0 aliphatic carbocycles. The zero-order valence-corrected chi connectivity index (χ0v) is 17.7. The standard InChI is InChI=1S/C22H21FN2O5S/c1-15-11-12-16(31(27,28)25-18-8-4-6-10-21(18)29-2)13-19(15)24-22(26)14-30-20-9-5-3-7-17(20)23/h3-13,25H,14H2,1-2H3,(H,24,26). The quantitative estimate of drug-likeness (QED) is 0.549. The molecule has 0 aromatic heterocycles. The van der Waals surface area contributed by atoms with Crippen molar-refractivity contribution in [1.82, 2.24) is 0 Å². The maximum absolute atomic E-state index is 13.6. The third kappa shape index (κ3) is 5.52. The summed E-state index contributed by atoms with van der Waals surface area (Å²) in [5.74, 6) is -0.815. The first kappa shape index (κ1) is 22.1. The maximum atomic E-state index is 13.6. The third-order valence-corrected chi connectivity index (χ3v) is 5.70. The molecule has 3 rings (SSSR count). The first-order valence-electron chi connectivity index (χ1n) is 9.24. The molecule has 0 aliphatic heterocycles. The first-order valence-corrected chi connectivity index (χ1v) is 10.7. The molecule has 0 atom stereocenters. The largest absolute Gasteiger partial charge is 0.495 e. The van der Waals surface area contributed by atoms with Crippen molar-refractivity contribution in [1.29, 1.82) is 0 Å². The monoisotopic (exact) mass is 444 g/mol. The van der Waals surface area contributed by atoms with Gasteiger partial charge in [-0.3, -0.25) is 9.52 Å². The summed E-state index contributed by atoms with van der Waals surface area (Å²) >= 11 is 0. The molecule has 0 unspecified atom stereocenters. The van der Waals surface area contributed by atoms with E-state index in [-0.39, 0.29) is 16.3 Å². The topological polar surface area (TPSA) is 93.7 Å². The molecular formula is C22H21FN2O5S. The second-order valence-electron chi connectivity index (χ2n) is 6.55. The van der Waals surface area contributed by atoms with E-state index in [0.29, 0.717) is 17.0 Å². The molecule has 31 heavy (non-hydrogen) atoms. The van der Waals surface area contributed by atoms with Gasteiger partial charge in [-0.1, -0.05) is 30.3 Å². The van der Waals surface area contributed by atoms with E-state index >= 15 is 0 Å². The van der Waals surface area contributed by atoms with E-state index in [1.807, 2.05) is 0 Å². The van der Waals surface area contributed by atoms with Crippen LogP contribution in [0, 0.1) is 12.7 Å². The van der Waals surface area contributed by atoms with Gasteiger partial charge in [0.15, 0.2) is 18.2 Å². The number of hydrogen-bond acceptors (Lipinski definition) is 5. The van der Waals surface area contributed by atoms with Gasteiger partial charge in [-0.05, 0) is 48.9 Å². The zero-order chi connectivity index (χ0) is 22.4. The number of para-hydroxylation sites is 3. The highest BCUT2D eigenvalue weighted by molar-refractivity contribution is 7.92. The van der Waals surface area contributed by atoms with E-state index in [9.17, 15) is 17.6 Å². The van der Waals surface area contributed by atoms with Crippen LogP contribution in [0.5, 0.6) is 11.5 Å². The van der Waals surface area contributed by atoms with Crippen LogP contribution >= 0.6 is 0 Å². The van der Waals surface area contributed by atoms with Gasteiger partial charge in [0.1, 0.15) is 5.75 Å². The first-order chi connectivity index (χ1) is 14.8. The predicted octanol–water partition coefficient (Wildman–Crippen LogP) is 3.96. The van der Waals surface area contributed by atoms with E-state index in [0.717, 1.165) is 0 Å². The summed E-state index contributed by atoms with van der Waals surface area (Å²) in [5, 5.41) is 2.60. The Hall–Kier alpha value is -3.59. The number of rotatable bonds is 8. The summed E-state index contributed by atoms with van der Waals surface area (Å²) in [5.41, 5.74) is 1.23. The average Bonchev–Trinajstić information content (AvgIpc) is 2.74. The predicted molar refractivity (Wildman–Crippen MR) is 116 cm³/mol. The number of hydrogen-bond donors (Lipinski definition) is 2. The van der Waals surface area contributed by atoms with Crippen LogP contribution in [0.15, 0.2) is 71.6 Å². The number of halogens is 1. The molecule has 0 heterocycles. The molecule has 3 aromatic carbocycles. The summed E-state index contributed by atoms with van der Waals surface area (Å²) in [6.07, 6.45) is 0. The number of nitrogens with one attached hydrogen (secondary N) is 2. The van der Waals surface area contributed by atoms with Gasteiger partial charge in [0, 0.05) is 5.69 Å². The van der Waals surface area contributed by atoms with Gasteiger partial charge >= 0.3 is 0 Å². The van der Waals surface area contributed by atoms with Gasteiger partial charge < -0.3 is 14.8 Å². The molecule has 0 radical (unpaired) electrons. The van der Waals surface area contributed by atoms with Crippen molar-refractivity contribution in [2.24, 2.45) is 0 Å². The van der Waals surface area contributed by atoms with Crippen molar-refractivity contribution < 1.29 is 27.1 Å². The number of anilines is 2. The molecule has 0 aliphatic rings. The number of amides is 1. The highest BCUT2D eigenvalue weighted by Gasteiger charge is 2.18. The highest BCUT2D eigenvalue weighted by atomic mass is 32.2. The molecule has 9 heteroatoms. The SMILES string of the molecule is COc1ccccc1NS(=O)(=O)c1ccc(C)c(NC(=O)COc2ccccc2F)c1. The lowest BCUT2D eigenvalue weighted by Gasteiger charge is -2.14. The van der Waals surface area contributed by atoms with Crippen LogP contribution in [0.4, 0.5) is 15.8 Å². The van der Waals surface area contributed by atoms with Crippen LogP contribution in [0.3, 0.4) is 0 Å². The number of sulfonamides is 1. The molecule has 0 bridgehead atoms. The summed E-state index contributed by atoms with van der Waals surface area (Å²) in [4.78, 5) is 12.2. The minimum absolute atomic E-state index is 0.0469. The minimum atomic E-state index is -3.94. The maximum Gasteiger partial charge on any atom is 0.262 e. The van der Waals surface area contributed by atoms with E-state index < -0.39 is 28.4 Å². The Bertz CT molecular complexity index is 1200. The van der Waals surface area contributed by atoms with Crippen LogP contribution in [-0.4, -0.2) is 28.0 Å². The molecule has 3 aromatic rings. The van der Waals surface area contributed by atoms with Gasteiger partial charge in [0.25, 0.3) is 15.9 Å². The Morgan fingerprint density at radius 2 is 1.65 bits per heavy atom.